The van der Waals surface area contributed by atoms with Gasteiger partial charge in [0.25, 0.3) is 0 Å². The Kier molecular flexibility index (Phi) is 8.18. The molecule has 8 nitrogen and oxygen atoms in total. The number of hydrogen-bond donors (Lipinski definition) is 1. The van der Waals surface area contributed by atoms with Crippen molar-refractivity contribution in [2.75, 3.05) is 18.6 Å². The van der Waals surface area contributed by atoms with Crippen molar-refractivity contribution in [1.29, 1.82) is 0 Å². The molecule has 2 amide bonds. The van der Waals surface area contributed by atoms with Gasteiger partial charge in [-0.05, 0) is 49.1 Å². The average molecular weight is 500 g/mol. The minimum Gasteiger partial charge on any atom is -0.495 e. The smallest absolute Gasteiger partial charge is 0.249 e. The molecule has 0 saturated carbocycles. The third-order valence-electron chi connectivity index (χ3n) is 6.24. The highest BCUT2D eigenvalue weighted by Gasteiger charge is 2.34. The Labute approximate surface area is 217 Å². The molecule has 0 bridgehead atoms. The first-order valence-corrected chi connectivity index (χ1v) is 12.5. The summed E-state index contributed by atoms with van der Waals surface area (Å²) in [4.78, 5) is 29.4. The second-order valence-corrected chi connectivity index (χ2v) is 9.46. The van der Waals surface area contributed by atoms with Gasteiger partial charge < -0.3 is 10.1 Å². The molecule has 1 N–H and O–H groups in total. The molecule has 0 aliphatic carbocycles. The number of para-hydroxylation sites is 3. The second kappa shape index (κ2) is 11.7. The molecular weight excluding hydrogens is 466 g/mol. The van der Waals surface area contributed by atoms with E-state index in [4.69, 9.17) is 4.74 Å². The number of carbonyl (C=O) groups excluding carboxylic acids is 2. The summed E-state index contributed by atoms with van der Waals surface area (Å²) in [6.07, 6.45) is 0.833. The lowest BCUT2D eigenvalue weighted by molar-refractivity contribution is -0.127. The molecule has 8 heteroatoms. The highest BCUT2D eigenvalue weighted by molar-refractivity contribution is 6.02. The largest absolute Gasteiger partial charge is 0.495 e. The van der Waals surface area contributed by atoms with Gasteiger partial charge in [0.1, 0.15) is 23.9 Å². The lowest BCUT2D eigenvalue weighted by Crippen LogP contribution is -2.45. The van der Waals surface area contributed by atoms with Crippen molar-refractivity contribution in [2.45, 2.75) is 39.8 Å². The van der Waals surface area contributed by atoms with E-state index in [0.29, 0.717) is 35.0 Å². The maximum atomic E-state index is 14.1. The van der Waals surface area contributed by atoms with Crippen LogP contribution in [0.1, 0.15) is 37.4 Å². The van der Waals surface area contributed by atoms with Gasteiger partial charge in [-0.1, -0.05) is 73.2 Å². The molecule has 4 rings (SSSR count). The number of benzene rings is 3. The monoisotopic (exact) mass is 499 g/mol. The summed E-state index contributed by atoms with van der Waals surface area (Å²) >= 11 is 0. The SMILES string of the molecule is COc1ccccc1N(C(=O)Cn1nnc2ccccc21)[C@H](C(=O)NCCC(C)C)c1ccc(C)cc1. The minimum absolute atomic E-state index is 0.0970. The summed E-state index contributed by atoms with van der Waals surface area (Å²) in [6.45, 7) is 6.62. The van der Waals surface area contributed by atoms with Crippen LogP contribution in [0.4, 0.5) is 5.69 Å². The van der Waals surface area contributed by atoms with Crippen LogP contribution in [-0.2, 0) is 16.1 Å². The first kappa shape index (κ1) is 25.9. The number of carbonyl (C=O) groups is 2. The van der Waals surface area contributed by atoms with Crippen molar-refractivity contribution in [3.05, 3.63) is 83.9 Å². The third kappa shape index (κ3) is 5.97. The molecule has 0 aliphatic rings. The molecule has 0 fully saturated rings. The highest BCUT2D eigenvalue weighted by Crippen LogP contribution is 2.35. The Hall–Kier alpha value is -4.20. The van der Waals surface area contributed by atoms with Gasteiger partial charge in [0.15, 0.2) is 0 Å². The van der Waals surface area contributed by atoms with Crippen molar-refractivity contribution in [2.24, 2.45) is 5.92 Å². The van der Waals surface area contributed by atoms with Crippen LogP contribution in [0.2, 0.25) is 0 Å². The maximum Gasteiger partial charge on any atom is 0.249 e. The Morgan fingerprint density at radius 3 is 2.43 bits per heavy atom. The average Bonchev–Trinajstić information content (AvgIpc) is 3.30. The van der Waals surface area contributed by atoms with Crippen LogP contribution in [0.15, 0.2) is 72.8 Å². The number of rotatable bonds is 10. The fraction of sp³-hybridized carbons (Fsp3) is 0.310. The van der Waals surface area contributed by atoms with Crippen LogP contribution in [0.3, 0.4) is 0 Å². The van der Waals surface area contributed by atoms with Gasteiger partial charge >= 0.3 is 0 Å². The summed E-state index contributed by atoms with van der Waals surface area (Å²) < 4.78 is 7.18. The Bertz CT molecular complexity index is 1360. The molecule has 1 heterocycles. The van der Waals surface area contributed by atoms with Crippen LogP contribution in [0.5, 0.6) is 5.75 Å². The van der Waals surface area contributed by atoms with Crippen LogP contribution >= 0.6 is 0 Å². The summed E-state index contributed by atoms with van der Waals surface area (Å²) in [7, 11) is 1.55. The summed E-state index contributed by atoms with van der Waals surface area (Å²) in [5, 5.41) is 11.4. The van der Waals surface area contributed by atoms with Gasteiger partial charge in [0.2, 0.25) is 11.8 Å². The fourth-order valence-electron chi connectivity index (χ4n) is 4.23. The number of anilines is 1. The van der Waals surface area contributed by atoms with E-state index in [0.717, 1.165) is 17.5 Å². The van der Waals surface area contributed by atoms with Gasteiger partial charge in [0, 0.05) is 6.54 Å². The number of aryl methyl sites for hydroxylation is 1. The van der Waals surface area contributed by atoms with Gasteiger partial charge in [-0.15, -0.1) is 5.10 Å². The van der Waals surface area contributed by atoms with Gasteiger partial charge in [-0.25, -0.2) is 4.68 Å². The predicted molar refractivity (Wildman–Crippen MR) is 144 cm³/mol. The van der Waals surface area contributed by atoms with Gasteiger partial charge in [-0.3, -0.25) is 14.5 Å². The summed E-state index contributed by atoms with van der Waals surface area (Å²) in [5.74, 6) is 0.356. The van der Waals surface area contributed by atoms with Crippen molar-refractivity contribution in [3.8, 4) is 5.75 Å². The summed E-state index contributed by atoms with van der Waals surface area (Å²) in [5.41, 5.74) is 3.70. The zero-order valence-corrected chi connectivity index (χ0v) is 21.7. The molecule has 0 spiro atoms. The van der Waals surface area contributed by atoms with E-state index in [9.17, 15) is 9.59 Å². The maximum absolute atomic E-state index is 14.1. The van der Waals surface area contributed by atoms with Gasteiger partial charge in [-0.2, -0.15) is 0 Å². The Balaban J connectivity index is 1.79. The molecule has 192 valence electrons. The second-order valence-electron chi connectivity index (χ2n) is 9.46. The third-order valence-corrected chi connectivity index (χ3v) is 6.24. The molecular formula is C29H33N5O3. The van der Waals surface area contributed by atoms with Crippen molar-refractivity contribution >= 4 is 28.5 Å². The topological polar surface area (TPSA) is 89.3 Å². The first-order valence-electron chi connectivity index (χ1n) is 12.5. The lowest BCUT2D eigenvalue weighted by Gasteiger charge is -2.32. The number of ether oxygens (including phenoxy) is 1. The number of fused-ring (bicyclic) bond motifs is 1. The lowest BCUT2D eigenvalue weighted by atomic mass is 10.0. The van der Waals surface area contributed by atoms with Crippen molar-refractivity contribution in [3.63, 3.8) is 0 Å². The van der Waals surface area contributed by atoms with Crippen LogP contribution in [0, 0.1) is 12.8 Å². The van der Waals surface area contributed by atoms with E-state index in [1.165, 1.54) is 4.90 Å². The van der Waals surface area contributed by atoms with Crippen LogP contribution < -0.4 is 15.0 Å². The Morgan fingerprint density at radius 1 is 1.00 bits per heavy atom. The standard InChI is InChI=1S/C29H33N5O3/c1-20(2)17-18-30-29(36)28(22-15-13-21(3)14-16-22)34(25-11-7-8-12-26(25)37-4)27(35)19-33-24-10-6-5-9-23(24)31-32-33/h5-16,20,28H,17-19H2,1-4H3,(H,30,36)/t28-/m0/s1. The molecule has 0 saturated heterocycles. The van der Waals surface area contributed by atoms with Gasteiger partial charge in [0.05, 0.1) is 18.3 Å². The summed E-state index contributed by atoms with van der Waals surface area (Å²) in [6, 6.07) is 21.5. The molecule has 3 aromatic carbocycles. The number of methoxy groups -OCH3 is 1. The molecule has 0 radical (unpaired) electrons. The number of nitrogens with zero attached hydrogens (tertiary/aromatic N) is 4. The predicted octanol–water partition coefficient (Wildman–Crippen LogP) is 4.69. The van der Waals surface area contributed by atoms with Crippen LogP contribution in [-0.4, -0.2) is 40.5 Å². The quantitative estimate of drug-likeness (QED) is 0.342. The van der Waals surface area contributed by atoms with E-state index >= 15 is 0 Å². The van der Waals surface area contributed by atoms with Crippen LogP contribution in [0.25, 0.3) is 11.0 Å². The molecule has 0 unspecified atom stereocenters. The van der Waals surface area contributed by atoms with Crippen molar-refractivity contribution < 1.29 is 14.3 Å². The Morgan fingerprint density at radius 2 is 1.70 bits per heavy atom. The minimum atomic E-state index is -0.911. The van der Waals surface area contributed by atoms with E-state index in [2.05, 4.69) is 29.5 Å². The fourth-order valence-corrected chi connectivity index (χ4v) is 4.23. The van der Waals surface area contributed by atoms with E-state index < -0.39 is 6.04 Å². The number of hydrogen-bond acceptors (Lipinski definition) is 5. The number of nitrogens with one attached hydrogen (secondary N) is 1. The number of aromatic nitrogens is 3. The van der Waals surface area contributed by atoms with E-state index in [1.807, 2.05) is 67.6 Å². The zero-order chi connectivity index (χ0) is 26.4. The molecule has 1 atom stereocenters. The van der Waals surface area contributed by atoms with E-state index in [-0.39, 0.29) is 18.4 Å². The van der Waals surface area contributed by atoms with E-state index in [1.54, 1.807) is 23.9 Å². The zero-order valence-electron chi connectivity index (χ0n) is 21.7. The highest BCUT2D eigenvalue weighted by atomic mass is 16.5. The first-order chi connectivity index (χ1) is 17.9. The molecule has 4 aromatic rings. The normalized spacial score (nSPS) is 11.9. The molecule has 0 aliphatic heterocycles. The number of amides is 2. The molecule has 1 aromatic heterocycles. The molecule has 37 heavy (non-hydrogen) atoms. The van der Waals surface area contributed by atoms with Crippen molar-refractivity contribution in [1.82, 2.24) is 20.3 Å².